The first-order chi connectivity index (χ1) is 20.7. The fraction of sp³-hybridized carbons (Fsp3) is 0.927. The minimum atomic E-state index is 0.0618. The monoisotopic (exact) mass is 597 g/mol. The van der Waals surface area contributed by atoms with Crippen LogP contribution in [0.2, 0.25) is 0 Å². The summed E-state index contributed by atoms with van der Waals surface area (Å²) < 4.78 is 6.11. The van der Waals surface area contributed by atoms with E-state index < -0.39 is 0 Å². The Morgan fingerprint density at radius 1 is 0.814 bits per heavy atom. The van der Waals surface area contributed by atoms with Gasteiger partial charge in [-0.15, -0.1) is 0 Å². The maximum absolute atomic E-state index is 12.7. The van der Waals surface area contributed by atoms with Gasteiger partial charge >= 0.3 is 5.97 Å². The maximum atomic E-state index is 12.7. The molecule has 0 radical (unpaired) electrons. The molecule has 2 nitrogen and oxygen atoms in total. The summed E-state index contributed by atoms with van der Waals surface area (Å²) in [7, 11) is 0. The van der Waals surface area contributed by atoms with Gasteiger partial charge in [-0.05, 0) is 97.7 Å². The van der Waals surface area contributed by atoms with Gasteiger partial charge in [-0.3, -0.25) is 4.79 Å². The highest BCUT2D eigenvalue weighted by Crippen LogP contribution is 2.67. The SMILES string of the molecule is CCCCCCCCCCCCCC(=O)OC1CC[C@@]2(C)C(=CC[C@H]3[C@@H]4CC[C@H]([C@H](C)CCCC(C)C)[C@@]4(C)CC[C@@H]32)C1. The third-order valence-electron chi connectivity index (χ3n) is 13.5. The second-order valence-corrected chi connectivity index (χ2v) is 16.9. The van der Waals surface area contributed by atoms with Crippen molar-refractivity contribution < 1.29 is 9.53 Å². The van der Waals surface area contributed by atoms with Crippen LogP contribution < -0.4 is 0 Å². The zero-order chi connectivity index (χ0) is 30.9. The minimum Gasteiger partial charge on any atom is -0.462 e. The molecule has 248 valence electrons. The molecule has 0 aromatic rings. The molecular formula is C41H72O2. The van der Waals surface area contributed by atoms with Crippen LogP contribution in [0.4, 0.5) is 0 Å². The molecule has 0 aromatic heterocycles. The lowest BCUT2D eigenvalue weighted by Gasteiger charge is -2.58. The number of allylic oxidation sites excluding steroid dienone is 1. The van der Waals surface area contributed by atoms with E-state index in [4.69, 9.17) is 4.74 Å². The molecule has 0 amide bonds. The molecule has 2 heteroatoms. The van der Waals surface area contributed by atoms with E-state index in [0.717, 1.165) is 54.8 Å². The Bertz CT molecular complexity index is 873. The van der Waals surface area contributed by atoms with E-state index in [2.05, 4.69) is 47.6 Å². The summed E-state index contributed by atoms with van der Waals surface area (Å²) in [5.74, 6) is 5.34. The molecule has 0 aromatic carbocycles. The third-order valence-corrected chi connectivity index (χ3v) is 13.5. The Kier molecular flexibility index (Phi) is 13.6. The molecule has 0 spiro atoms. The Morgan fingerprint density at radius 3 is 2.16 bits per heavy atom. The molecule has 43 heavy (non-hydrogen) atoms. The fourth-order valence-corrected chi connectivity index (χ4v) is 10.9. The van der Waals surface area contributed by atoms with Gasteiger partial charge < -0.3 is 4.74 Å². The summed E-state index contributed by atoms with van der Waals surface area (Å²) in [4.78, 5) is 12.7. The highest BCUT2D eigenvalue weighted by Gasteiger charge is 2.59. The van der Waals surface area contributed by atoms with Crippen LogP contribution in [0.3, 0.4) is 0 Å². The lowest BCUT2D eigenvalue weighted by atomic mass is 9.47. The molecule has 4 aliphatic rings. The number of carbonyl (C=O) groups excluding carboxylic acids is 1. The number of unbranched alkanes of at least 4 members (excludes halogenated alkanes) is 10. The second kappa shape index (κ2) is 16.7. The van der Waals surface area contributed by atoms with Crippen LogP contribution >= 0.6 is 0 Å². The van der Waals surface area contributed by atoms with Gasteiger partial charge in [0.2, 0.25) is 0 Å². The highest BCUT2D eigenvalue weighted by atomic mass is 16.5. The predicted molar refractivity (Wildman–Crippen MR) is 184 cm³/mol. The van der Waals surface area contributed by atoms with Gasteiger partial charge in [0.05, 0.1) is 0 Å². The smallest absolute Gasteiger partial charge is 0.306 e. The van der Waals surface area contributed by atoms with E-state index in [0.29, 0.717) is 17.3 Å². The Morgan fingerprint density at radius 2 is 1.49 bits per heavy atom. The summed E-state index contributed by atoms with van der Waals surface area (Å²) in [5.41, 5.74) is 2.54. The number of esters is 1. The van der Waals surface area contributed by atoms with Gasteiger partial charge in [-0.25, -0.2) is 0 Å². The van der Waals surface area contributed by atoms with Gasteiger partial charge in [-0.1, -0.05) is 137 Å². The van der Waals surface area contributed by atoms with Crippen molar-refractivity contribution in [1.29, 1.82) is 0 Å². The molecule has 0 aliphatic heterocycles. The standard InChI is InChI=1S/C41H72O2/c1-7-8-9-10-11-12-13-14-15-16-17-21-39(42)43-34-26-28-40(5)33(30-34)22-23-35-37-25-24-36(32(4)20-18-19-31(2)3)41(37,6)29-27-38(35)40/h22,31-32,34-38H,7-21,23-30H2,1-6H3/t32-,34?,35+,36-,37+,38+,40+,41-/m1/s1. The molecule has 3 fully saturated rings. The number of ether oxygens (including phenoxy) is 1. The topological polar surface area (TPSA) is 26.3 Å². The van der Waals surface area contributed by atoms with Crippen LogP contribution in [0.25, 0.3) is 0 Å². The van der Waals surface area contributed by atoms with Crippen molar-refractivity contribution in [2.75, 3.05) is 0 Å². The van der Waals surface area contributed by atoms with E-state index in [1.165, 1.54) is 122 Å². The van der Waals surface area contributed by atoms with Crippen molar-refractivity contribution in [1.82, 2.24) is 0 Å². The average molecular weight is 597 g/mol. The van der Waals surface area contributed by atoms with Crippen molar-refractivity contribution in [3.8, 4) is 0 Å². The van der Waals surface area contributed by atoms with Crippen molar-refractivity contribution in [2.45, 2.75) is 195 Å². The number of rotatable bonds is 18. The molecule has 0 bridgehead atoms. The minimum absolute atomic E-state index is 0.0618. The molecule has 8 atom stereocenters. The molecule has 3 saturated carbocycles. The summed E-state index contributed by atoms with van der Waals surface area (Å²) >= 11 is 0. The number of carbonyl (C=O) groups is 1. The van der Waals surface area contributed by atoms with Gasteiger partial charge in [0.25, 0.3) is 0 Å². The first-order valence-corrected chi connectivity index (χ1v) is 19.6. The van der Waals surface area contributed by atoms with Crippen LogP contribution in [0.1, 0.15) is 189 Å². The van der Waals surface area contributed by atoms with Gasteiger partial charge in [-0.2, -0.15) is 0 Å². The highest BCUT2D eigenvalue weighted by molar-refractivity contribution is 5.69. The van der Waals surface area contributed by atoms with Crippen LogP contribution in [0, 0.1) is 46.3 Å². The van der Waals surface area contributed by atoms with Crippen molar-refractivity contribution in [3.63, 3.8) is 0 Å². The first kappa shape index (κ1) is 35.1. The first-order valence-electron chi connectivity index (χ1n) is 19.6. The predicted octanol–water partition coefficient (Wildman–Crippen LogP) is 12.6. The Hall–Kier alpha value is -0.790. The van der Waals surface area contributed by atoms with Gasteiger partial charge in [0.15, 0.2) is 0 Å². The molecule has 1 unspecified atom stereocenters. The summed E-state index contributed by atoms with van der Waals surface area (Å²) in [6, 6.07) is 0. The van der Waals surface area contributed by atoms with E-state index >= 15 is 0 Å². The van der Waals surface area contributed by atoms with E-state index in [1.54, 1.807) is 5.57 Å². The maximum Gasteiger partial charge on any atom is 0.306 e. The van der Waals surface area contributed by atoms with Crippen molar-refractivity contribution in [3.05, 3.63) is 11.6 Å². The third kappa shape index (κ3) is 8.93. The van der Waals surface area contributed by atoms with Crippen LogP contribution in [-0.4, -0.2) is 12.1 Å². The summed E-state index contributed by atoms with van der Waals surface area (Å²) in [6.07, 6.45) is 32.5. The van der Waals surface area contributed by atoms with E-state index in [1.807, 2.05) is 0 Å². The number of fused-ring (bicyclic) bond motifs is 5. The molecule has 4 aliphatic carbocycles. The average Bonchev–Trinajstić information content (AvgIpc) is 3.33. The van der Waals surface area contributed by atoms with Gasteiger partial charge in [0.1, 0.15) is 6.10 Å². The zero-order valence-electron chi connectivity index (χ0n) is 29.7. The fourth-order valence-electron chi connectivity index (χ4n) is 10.9. The molecular weight excluding hydrogens is 524 g/mol. The number of hydrogen-bond donors (Lipinski definition) is 0. The van der Waals surface area contributed by atoms with Crippen molar-refractivity contribution in [2.24, 2.45) is 46.3 Å². The van der Waals surface area contributed by atoms with Gasteiger partial charge in [0, 0.05) is 12.8 Å². The largest absolute Gasteiger partial charge is 0.462 e. The zero-order valence-corrected chi connectivity index (χ0v) is 29.7. The Labute approximate surface area is 268 Å². The molecule has 0 N–H and O–H groups in total. The van der Waals surface area contributed by atoms with Crippen molar-refractivity contribution >= 4 is 5.97 Å². The molecule has 0 heterocycles. The summed E-state index contributed by atoms with van der Waals surface area (Å²) in [5, 5.41) is 0. The number of hydrogen-bond acceptors (Lipinski definition) is 2. The summed E-state index contributed by atoms with van der Waals surface area (Å²) in [6.45, 7) is 14.9. The normalized spacial score (nSPS) is 34.3. The molecule has 4 rings (SSSR count). The quantitative estimate of drug-likeness (QED) is 0.0893. The lowest BCUT2D eigenvalue weighted by molar-refractivity contribution is -0.151. The van der Waals surface area contributed by atoms with E-state index in [-0.39, 0.29) is 12.1 Å². The Balaban J connectivity index is 1.19. The van der Waals surface area contributed by atoms with E-state index in [9.17, 15) is 4.79 Å². The second-order valence-electron chi connectivity index (χ2n) is 16.9. The van der Waals surface area contributed by atoms with Crippen LogP contribution in [-0.2, 0) is 9.53 Å². The van der Waals surface area contributed by atoms with Crippen LogP contribution in [0.5, 0.6) is 0 Å². The lowest BCUT2D eigenvalue weighted by Crippen LogP contribution is -2.51. The van der Waals surface area contributed by atoms with Crippen LogP contribution in [0.15, 0.2) is 11.6 Å². The molecule has 0 saturated heterocycles.